The summed E-state index contributed by atoms with van der Waals surface area (Å²) < 4.78 is 40.0. The van der Waals surface area contributed by atoms with E-state index in [4.69, 9.17) is 0 Å². The number of anilines is 1. The lowest BCUT2D eigenvalue weighted by atomic mass is 10.5. The molecule has 0 spiro atoms. The summed E-state index contributed by atoms with van der Waals surface area (Å²) in [7, 11) is 0. The minimum Gasteiger partial charge on any atom is -0.467 e. The van der Waals surface area contributed by atoms with Crippen LogP contribution in [0.15, 0.2) is 12.4 Å². The fraction of sp³-hybridized carbons (Fsp3) is 0.556. The van der Waals surface area contributed by atoms with Gasteiger partial charge >= 0.3 is 6.18 Å². The summed E-state index contributed by atoms with van der Waals surface area (Å²) in [5.74, 6) is 0.264. The monoisotopic (exact) mass is 235 g/mol. The molecule has 7 heteroatoms. The standard InChI is InChI=1S/C9H12F3N3O/c1-2-3-14-7-4-13-5-8(15-7)16-6-9(10,11)12/h4-5H,2-3,6H2,1H3,(H,14,15). The maximum atomic E-state index is 11.9. The summed E-state index contributed by atoms with van der Waals surface area (Å²) in [6.45, 7) is 1.28. The fourth-order valence-corrected chi connectivity index (χ4v) is 0.912. The van der Waals surface area contributed by atoms with Crippen LogP contribution >= 0.6 is 0 Å². The SMILES string of the molecule is CCCNc1cncc(OCC(F)(F)F)n1. The van der Waals surface area contributed by atoms with Crippen LogP contribution in [0.1, 0.15) is 13.3 Å². The maximum absolute atomic E-state index is 11.9. The fourth-order valence-electron chi connectivity index (χ4n) is 0.912. The Balaban J connectivity index is 2.53. The van der Waals surface area contributed by atoms with Crippen LogP contribution in [-0.2, 0) is 0 Å². The first-order valence-corrected chi connectivity index (χ1v) is 4.76. The number of hydrogen-bond donors (Lipinski definition) is 1. The van der Waals surface area contributed by atoms with Crippen LogP contribution in [0.3, 0.4) is 0 Å². The zero-order chi connectivity index (χ0) is 12.0. The molecule has 0 unspecified atom stereocenters. The Hall–Kier alpha value is -1.53. The van der Waals surface area contributed by atoms with E-state index in [2.05, 4.69) is 20.0 Å². The summed E-state index contributed by atoms with van der Waals surface area (Å²) in [6.07, 6.45) is -0.914. The Kier molecular flexibility index (Phi) is 4.33. The molecule has 1 rings (SSSR count). The Bertz CT molecular complexity index is 330. The summed E-state index contributed by atoms with van der Waals surface area (Å²) in [5.41, 5.74) is 0. The number of halogens is 3. The van der Waals surface area contributed by atoms with E-state index < -0.39 is 12.8 Å². The normalized spacial score (nSPS) is 11.2. The van der Waals surface area contributed by atoms with E-state index in [1.807, 2.05) is 6.92 Å². The molecule has 1 aromatic rings. The van der Waals surface area contributed by atoms with Gasteiger partial charge in [0.25, 0.3) is 0 Å². The van der Waals surface area contributed by atoms with Gasteiger partial charge in [0.05, 0.1) is 12.4 Å². The Labute approximate surface area is 90.9 Å². The number of aromatic nitrogens is 2. The van der Waals surface area contributed by atoms with Crippen molar-refractivity contribution in [3.05, 3.63) is 12.4 Å². The van der Waals surface area contributed by atoms with Crippen molar-refractivity contribution in [3.63, 3.8) is 0 Å². The lowest BCUT2D eigenvalue weighted by Crippen LogP contribution is -2.19. The van der Waals surface area contributed by atoms with Crippen molar-refractivity contribution in [3.8, 4) is 5.88 Å². The van der Waals surface area contributed by atoms with E-state index in [1.54, 1.807) is 0 Å². The minimum atomic E-state index is -4.37. The van der Waals surface area contributed by atoms with Gasteiger partial charge in [-0.05, 0) is 6.42 Å². The molecule has 0 amide bonds. The van der Waals surface area contributed by atoms with E-state index in [0.717, 1.165) is 12.6 Å². The van der Waals surface area contributed by atoms with Gasteiger partial charge in [-0.2, -0.15) is 18.2 Å². The molecule has 1 aromatic heterocycles. The smallest absolute Gasteiger partial charge is 0.422 e. The summed E-state index contributed by atoms with van der Waals surface area (Å²) >= 11 is 0. The van der Waals surface area contributed by atoms with Gasteiger partial charge in [0.1, 0.15) is 5.82 Å². The summed E-state index contributed by atoms with van der Waals surface area (Å²) in [6, 6.07) is 0. The highest BCUT2D eigenvalue weighted by Crippen LogP contribution is 2.17. The molecule has 0 fully saturated rings. The third-order valence-corrected chi connectivity index (χ3v) is 1.55. The molecule has 16 heavy (non-hydrogen) atoms. The molecule has 4 nitrogen and oxygen atoms in total. The molecule has 1 N–H and O–H groups in total. The van der Waals surface area contributed by atoms with Gasteiger partial charge in [-0.1, -0.05) is 6.92 Å². The van der Waals surface area contributed by atoms with Crippen LogP contribution < -0.4 is 10.1 Å². The first-order chi connectivity index (χ1) is 7.51. The molecule has 1 heterocycles. The highest BCUT2D eigenvalue weighted by atomic mass is 19.4. The number of hydrogen-bond acceptors (Lipinski definition) is 4. The molecular formula is C9H12F3N3O. The van der Waals surface area contributed by atoms with Gasteiger partial charge in [0.15, 0.2) is 6.61 Å². The van der Waals surface area contributed by atoms with E-state index in [9.17, 15) is 13.2 Å². The maximum Gasteiger partial charge on any atom is 0.422 e. The molecule has 0 atom stereocenters. The van der Waals surface area contributed by atoms with Crippen LogP contribution in [0.2, 0.25) is 0 Å². The molecule has 0 saturated heterocycles. The molecule has 90 valence electrons. The number of ether oxygens (including phenoxy) is 1. The predicted molar refractivity (Wildman–Crippen MR) is 52.4 cm³/mol. The van der Waals surface area contributed by atoms with E-state index in [0.29, 0.717) is 12.4 Å². The van der Waals surface area contributed by atoms with Crippen LogP contribution in [-0.4, -0.2) is 29.3 Å². The van der Waals surface area contributed by atoms with Gasteiger partial charge in [-0.15, -0.1) is 0 Å². The zero-order valence-electron chi connectivity index (χ0n) is 8.71. The molecule has 0 aliphatic heterocycles. The minimum absolute atomic E-state index is 0.140. The van der Waals surface area contributed by atoms with Crippen LogP contribution in [0, 0.1) is 0 Å². The zero-order valence-corrected chi connectivity index (χ0v) is 8.71. The third-order valence-electron chi connectivity index (χ3n) is 1.55. The highest BCUT2D eigenvalue weighted by Gasteiger charge is 2.28. The largest absolute Gasteiger partial charge is 0.467 e. The predicted octanol–water partition coefficient (Wildman–Crippen LogP) is 2.24. The number of rotatable bonds is 5. The first kappa shape index (κ1) is 12.5. The van der Waals surface area contributed by atoms with E-state index in [1.165, 1.54) is 6.20 Å². The Morgan fingerprint density at radius 2 is 2.12 bits per heavy atom. The summed E-state index contributed by atoms with van der Waals surface area (Å²) in [4.78, 5) is 7.54. The van der Waals surface area contributed by atoms with Gasteiger partial charge in [-0.25, -0.2) is 0 Å². The molecule has 0 radical (unpaired) electrons. The number of alkyl halides is 3. The topological polar surface area (TPSA) is 47.0 Å². The second-order valence-corrected chi connectivity index (χ2v) is 3.07. The van der Waals surface area contributed by atoms with Crippen molar-refractivity contribution in [1.29, 1.82) is 0 Å². The quantitative estimate of drug-likeness (QED) is 0.850. The number of nitrogens with one attached hydrogen (secondary N) is 1. The third kappa shape index (κ3) is 4.81. The molecule has 0 aliphatic rings. The molecule has 0 saturated carbocycles. The van der Waals surface area contributed by atoms with Crippen LogP contribution in [0.5, 0.6) is 5.88 Å². The van der Waals surface area contributed by atoms with Gasteiger partial charge in [0.2, 0.25) is 5.88 Å². The Morgan fingerprint density at radius 3 is 2.75 bits per heavy atom. The second kappa shape index (κ2) is 5.53. The van der Waals surface area contributed by atoms with Crippen LogP contribution in [0.25, 0.3) is 0 Å². The Morgan fingerprint density at radius 1 is 1.38 bits per heavy atom. The van der Waals surface area contributed by atoms with Crippen molar-refractivity contribution >= 4 is 5.82 Å². The molecule has 0 bridgehead atoms. The van der Waals surface area contributed by atoms with E-state index >= 15 is 0 Å². The van der Waals surface area contributed by atoms with Crippen molar-refractivity contribution < 1.29 is 17.9 Å². The van der Waals surface area contributed by atoms with Crippen molar-refractivity contribution in [2.24, 2.45) is 0 Å². The van der Waals surface area contributed by atoms with Gasteiger partial charge in [-0.3, -0.25) is 4.98 Å². The second-order valence-electron chi connectivity index (χ2n) is 3.07. The lowest BCUT2D eigenvalue weighted by Gasteiger charge is -2.09. The van der Waals surface area contributed by atoms with Gasteiger partial charge < -0.3 is 10.1 Å². The molecule has 0 aromatic carbocycles. The van der Waals surface area contributed by atoms with E-state index in [-0.39, 0.29) is 5.88 Å². The molecular weight excluding hydrogens is 223 g/mol. The van der Waals surface area contributed by atoms with Gasteiger partial charge in [0, 0.05) is 6.54 Å². The lowest BCUT2D eigenvalue weighted by molar-refractivity contribution is -0.154. The average Bonchev–Trinajstić information content (AvgIpc) is 2.23. The first-order valence-electron chi connectivity index (χ1n) is 4.76. The average molecular weight is 235 g/mol. The molecule has 0 aliphatic carbocycles. The van der Waals surface area contributed by atoms with Crippen molar-refractivity contribution in [2.45, 2.75) is 19.5 Å². The highest BCUT2D eigenvalue weighted by molar-refractivity contribution is 5.32. The summed E-state index contributed by atoms with van der Waals surface area (Å²) in [5, 5.41) is 2.90. The van der Waals surface area contributed by atoms with Crippen LogP contribution in [0.4, 0.5) is 19.0 Å². The van der Waals surface area contributed by atoms with Crippen molar-refractivity contribution in [2.75, 3.05) is 18.5 Å². The van der Waals surface area contributed by atoms with Crippen molar-refractivity contribution in [1.82, 2.24) is 9.97 Å². The number of nitrogens with zero attached hydrogens (tertiary/aromatic N) is 2.